The molecule has 20 heavy (non-hydrogen) atoms. The van der Waals surface area contributed by atoms with Crippen molar-refractivity contribution in [3.05, 3.63) is 68.3 Å². The minimum absolute atomic E-state index is 0.0958. The smallest absolute Gasteiger partial charge is 0.349 e. The Balaban J connectivity index is 2.52. The SMILES string of the molecule is Cc1ccccc1Nc1cccc([N+](=O)[O-])c1[N+](=O)[O-]. The first-order valence-electron chi connectivity index (χ1n) is 5.75. The molecule has 0 heterocycles. The fourth-order valence-corrected chi connectivity index (χ4v) is 1.83. The number of hydrogen-bond donors (Lipinski definition) is 1. The molecule has 102 valence electrons. The molecule has 2 aromatic carbocycles. The van der Waals surface area contributed by atoms with Crippen LogP contribution in [0.3, 0.4) is 0 Å². The van der Waals surface area contributed by atoms with Gasteiger partial charge in [-0.1, -0.05) is 24.3 Å². The molecule has 0 radical (unpaired) electrons. The molecule has 2 aromatic rings. The van der Waals surface area contributed by atoms with E-state index < -0.39 is 21.2 Å². The van der Waals surface area contributed by atoms with Crippen molar-refractivity contribution in [2.45, 2.75) is 6.92 Å². The summed E-state index contributed by atoms with van der Waals surface area (Å²) in [6.07, 6.45) is 0. The van der Waals surface area contributed by atoms with E-state index in [4.69, 9.17) is 0 Å². The molecule has 0 fully saturated rings. The zero-order valence-electron chi connectivity index (χ0n) is 10.6. The fraction of sp³-hybridized carbons (Fsp3) is 0.0769. The normalized spacial score (nSPS) is 10.1. The van der Waals surface area contributed by atoms with E-state index in [9.17, 15) is 20.2 Å². The van der Waals surface area contributed by atoms with Gasteiger partial charge in [0.25, 0.3) is 0 Å². The van der Waals surface area contributed by atoms with Gasteiger partial charge in [0, 0.05) is 11.8 Å². The van der Waals surface area contributed by atoms with E-state index in [1.165, 1.54) is 12.1 Å². The van der Waals surface area contributed by atoms with Crippen molar-refractivity contribution in [1.82, 2.24) is 0 Å². The fourth-order valence-electron chi connectivity index (χ4n) is 1.83. The van der Waals surface area contributed by atoms with Gasteiger partial charge in [-0.15, -0.1) is 0 Å². The second-order valence-corrected chi connectivity index (χ2v) is 4.13. The van der Waals surface area contributed by atoms with Crippen molar-refractivity contribution in [2.24, 2.45) is 0 Å². The Morgan fingerprint density at radius 1 is 0.900 bits per heavy atom. The van der Waals surface area contributed by atoms with E-state index in [0.717, 1.165) is 11.6 Å². The van der Waals surface area contributed by atoms with E-state index in [0.29, 0.717) is 5.69 Å². The maximum atomic E-state index is 11.1. The van der Waals surface area contributed by atoms with Crippen molar-refractivity contribution < 1.29 is 9.85 Å². The predicted octanol–water partition coefficient (Wildman–Crippen LogP) is 3.56. The van der Waals surface area contributed by atoms with Gasteiger partial charge in [0.2, 0.25) is 0 Å². The molecule has 0 unspecified atom stereocenters. The summed E-state index contributed by atoms with van der Waals surface area (Å²) in [5.74, 6) is 0. The molecule has 2 rings (SSSR count). The number of aryl methyl sites for hydroxylation is 1. The van der Waals surface area contributed by atoms with Crippen LogP contribution < -0.4 is 5.32 Å². The Morgan fingerprint density at radius 2 is 1.55 bits per heavy atom. The summed E-state index contributed by atoms with van der Waals surface area (Å²) >= 11 is 0. The van der Waals surface area contributed by atoms with E-state index in [-0.39, 0.29) is 5.69 Å². The Labute approximate surface area is 114 Å². The van der Waals surface area contributed by atoms with Gasteiger partial charge in [-0.05, 0) is 24.6 Å². The van der Waals surface area contributed by atoms with Crippen LogP contribution in [0.4, 0.5) is 22.7 Å². The Morgan fingerprint density at radius 3 is 2.15 bits per heavy atom. The lowest BCUT2D eigenvalue weighted by molar-refractivity contribution is -0.421. The summed E-state index contributed by atoms with van der Waals surface area (Å²) in [5.41, 5.74) is 0.567. The van der Waals surface area contributed by atoms with Crippen LogP contribution in [-0.2, 0) is 0 Å². The largest absolute Gasteiger partial charge is 0.369 e. The van der Waals surface area contributed by atoms with Crippen molar-refractivity contribution in [1.29, 1.82) is 0 Å². The van der Waals surface area contributed by atoms with Crippen LogP contribution in [0.5, 0.6) is 0 Å². The highest BCUT2D eigenvalue weighted by Crippen LogP contribution is 2.36. The van der Waals surface area contributed by atoms with Crippen molar-refractivity contribution >= 4 is 22.7 Å². The number of nitro benzene ring substituents is 2. The number of para-hydroxylation sites is 2. The molecule has 0 aromatic heterocycles. The summed E-state index contributed by atoms with van der Waals surface area (Å²) in [5, 5.41) is 24.8. The molecule has 0 saturated carbocycles. The van der Waals surface area contributed by atoms with Gasteiger partial charge in [0.1, 0.15) is 5.69 Å². The molecule has 0 amide bonds. The maximum Gasteiger partial charge on any atom is 0.369 e. The molecule has 0 spiro atoms. The van der Waals surface area contributed by atoms with Crippen LogP contribution in [-0.4, -0.2) is 9.85 Å². The number of hydrogen-bond acceptors (Lipinski definition) is 5. The standard InChI is InChI=1S/C13H11N3O4/c1-9-5-2-3-6-10(9)14-11-7-4-8-12(15(17)18)13(11)16(19)20/h2-8,14H,1H3. The second kappa shape index (κ2) is 5.35. The minimum Gasteiger partial charge on any atom is -0.349 e. The topological polar surface area (TPSA) is 98.3 Å². The molecular weight excluding hydrogens is 262 g/mol. The minimum atomic E-state index is -0.763. The first-order valence-corrected chi connectivity index (χ1v) is 5.75. The lowest BCUT2D eigenvalue weighted by Crippen LogP contribution is -2.02. The van der Waals surface area contributed by atoms with Crippen LogP contribution in [0.2, 0.25) is 0 Å². The van der Waals surface area contributed by atoms with E-state index in [2.05, 4.69) is 5.32 Å². The zero-order chi connectivity index (χ0) is 14.7. The third kappa shape index (κ3) is 2.56. The molecule has 1 N–H and O–H groups in total. The zero-order valence-corrected chi connectivity index (χ0v) is 10.6. The predicted molar refractivity (Wildman–Crippen MR) is 74.2 cm³/mol. The summed E-state index contributed by atoms with van der Waals surface area (Å²) in [7, 11) is 0. The lowest BCUT2D eigenvalue weighted by Gasteiger charge is -2.09. The Hall–Kier alpha value is -2.96. The molecule has 0 saturated heterocycles. The average Bonchev–Trinajstić information content (AvgIpc) is 2.40. The quantitative estimate of drug-likeness (QED) is 0.678. The summed E-state index contributed by atoms with van der Waals surface area (Å²) in [6, 6.07) is 11.2. The number of anilines is 2. The Kier molecular flexibility index (Phi) is 3.60. The monoisotopic (exact) mass is 273 g/mol. The van der Waals surface area contributed by atoms with Crippen LogP contribution >= 0.6 is 0 Å². The van der Waals surface area contributed by atoms with Crippen molar-refractivity contribution in [3.8, 4) is 0 Å². The van der Waals surface area contributed by atoms with Gasteiger partial charge in [-0.2, -0.15) is 0 Å². The summed E-state index contributed by atoms with van der Waals surface area (Å²) in [4.78, 5) is 20.4. The average molecular weight is 273 g/mol. The molecule has 0 aliphatic rings. The second-order valence-electron chi connectivity index (χ2n) is 4.13. The first kappa shape index (κ1) is 13.5. The van der Waals surface area contributed by atoms with Crippen molar-refractivity contribution in [3.63, 3.8) is 0 Å². The summed E-state index contributed by atoms with van der Waals surface area (Å²) in [6.45, 7) is 1.84. The van der Waals surface area contributed by atoms with Crippen LogP contribution in [0.15, 0.2) is 42.5 Å². The van der Waals surface area contributed by atoms with Gasteiger partial charge in [0.05, 0.1) is 9.85 Å². The van der Waals surface area contributed by atoms with Crippen LogP contribution in [0.25, 0.3) is 0 Å². The molecule has 7 heteroatoms. The number of nitrogens with one attached hydrogen (secondary N) is 1. The van der Waals surface area contributed by atoms with E-state index in [1.807, 2.05) is 19.1 Å². The maximum absolute atomic E-state index is 11.1. The Bertz CT molecular complexity index is 685. The van der Waals surface area contributed by atoms with Gasteiger partial charge in [-0.25, -0.2) is 0 Å². The number of nitrogens with zero attached hydrogens (tertiary/aromatic N) is 2. The highest BCUT2D eigenvalue weighted by atomic mass is 16.6. The first-order chi connectivity index (χ1) is 9.50. The molecule has 7 nitrogen and oxygen atoms in total. The number of benzene rings is 2. The van der Waals surface area contributed by atoms with Crippen LogP contribution in [0, 0.1) is 27.2 Å². The molecular formula is C13H11N3O4. The lowest BCUT2D eigenvalue weighted by atomic mass is 10.1. The van der Waals surface area contributed by atoms with E-state index in [1.54, 1.807) is 12.1 Å². The number of rotatable bonds is 4. The van der Waals surface area contributed by atoms with Gasteiger partial charge < -0.3 is 5.32 Å². The third-order valence-electron chi connectivity index (χ3n) is 2.81. The summed E-state index contributed by atoms with van der Waals surface area (Å²) < 4.78 is 0. The third-order valence-corrected chi connectivity index (χ3v) is 2.81. The molecule has 0 atom stereocenters. The highest BCUT2D eigenvalue weighted by Gasteiger charge is 2.28. The van der Waals surface area contributed by atoms with E-state index >= 15 is 0 Å². The molecule has 0 aliphatic carbocycles. The van der Waals surface area contributed by atoms with Crippen LogP contribution in [0.1, 0.15) is 5.56 Å². The highest BCUT2D eigenvalue weighted by molar-refractivity contribution is 5.77. The molecule has 0 aliphatic heterocycles. The van der Waals surface area contributed by atoms with Crippen molar-refractivity contribution in [2.75, 3.05) is 5.32 Å². The number of nitro groups is 2. The van der Waals surface area contributed by atoms with Gasteiger partial charge >= 0.3 is 11.4 Å². The van der Waals surface area contributed by atoms with Gasteiger partial charge in [-0.3, -0.25) is 20.2 Å². The molecule has 0 bridgehead atoms. The van der Waals surface area contributed by atoms with Gasteiger partial charge in [0.15, 0.2) is 0 Å².